The van der Waals surface area contributed by atoms with Crippen molar-refractivity contribution >= 4 is 11.4 Å². The van der Waals surface area contributed by atoms with E-state index in [0.29, 0.717) is 0 Å². The monoisotopic (exact) mass is 372 g/mol. The van der Waals surface area contributed by atoms with E-state index in [4.69, 9.17) is 0 Å². The van der Waals surface area contributed by atoms with Gasteiger partial charge in [-0.3, -0.25) is 0 Å². The van der Waals surface area contributed by atoms with Crippen molar-refractivity contribution in [3.05, 3.63) is 95.6 Å². The summed E-state index contributed by atoms with van der Waals surface area (Å²) in [6.45, 7) is 9.67. The third-order valence-corrected chi connectivity index (χ3v) is 5.63. The van der Waals surface area contributed by atoms with E-state index >= 15 is 0 Å². The van der Waals surface area contributed by atoms with Gasteiger partial charge in [0.15, 0.2) is 0 Å². The molecule has 3 aromatic carbocycles. The molecule has 0 aliphatic rings. The molecule has 3 rings (SSSR count). The van der Waals surface area contributed by atoms with E-state index in [9.17, 15) is 0 Å². The number of hydrogen-bond acceptors (Lipinski definition) is 2. The van der Waals surface area contributed by atoms with Crippen molar-refractivity contribution in [2.75, 3.05) is 36.5 Å². The molecule has 2 nitrogen and oxygen atoms in total. The molecule has 0 amide bonds. The molecule has 0 aliphatic heterocycles. The van der Waals surface area contributed by atoms with E-state index in [1.807, 2.05) is 0 Å². The van der Waals surface area contributed by atoms with Crippen LogP contribution in [-0.2, 0) is 0 Å². The Morgan fingerprint density at radius 2 is 1.04 bits per heavy atom. The van der Waals surface area contributed by atoms with Crippen LogP contribution in [0.5, 0.6) is 0 Å². The Balaban J connectivity index is 1.99. The van der Waals surface area contributed by atoms with E-state index in [1.165, 1.54) is 28.1 Å². The fourth-order valence-electron chi connectivity index (χ4n) is 3.79. The van der Waals surface area contributed by atoms with Gasteiger partial charge in [0.05, 0.1) is 0 Å². The molecule has 0 saturated carbocycles. The van der Waals surface area contributed by atoms with Gasteiger partial charge in [-0.1, -0.05) is 54.6 Å². The van der Waals surface area contributed by atoms with Crippen LogP contribution in [0.1, 0.15) is 43.4 Å². The number of rotatable bonds is 8. The second-order valence-corrected chi connectivity index (χ2v) is 7.21. The Morgan fingerprint density at radius 1 is 0.571 bits per heavy atom. The molecule has 1 atom stereocenters. The van der Waals surface area contributed by atoms with E-state index in [-0.39, 0.29) is 5.92 Å². The van der Waals surface area contributed by atoms with Gasteiger partial charge in [-0.05, 0) is 61.7 Å². The molecule has 0 aliphatic carbocycles. The average Bonchev–Trinajstić information content (AvgIpc) is 2.76. The van der Waals surface area contributed by atoms with Crippen LogP contribution in [0.3, 0.4) is 0 Å². The van der Waals surface area contributed by atoms with Crippen molar-refractivity contribution in [3.8, 4) is 0 Å². The smallest absolute Gasteiger partial charge is 0.0366 e. The van der Waals surface area contributed by atoms with Gasteiger partial charge in [0.2, 0.25) is 0 Å². The predicted molar refractivity (Wildman–Crippen MR) is 123 cm³/mol. The Hall–Kier alpha value is -2.74. The van der Waals surface area contributed by atoms with Crippen molar-refractivity contribution in [3.63, 3.8) is 0 Å². The minimum Gasteiger partial charge on any atom is -0.375 e. The molecule has 2 heteroatoms. The molecule has 146 valence electrons. The third kappa shape index (κ3) is 4.39. The fraction of sp³-hybridized carbons (Fsp3) is 0.308. The van der Waals surface area contributed by atoms with Gasteiger partial charge >= 0.3 is 0 Å². The van der Waals surface area contributed by atoms with Crippen LogP contribution in [0, 0.1) is 0 Å². The van der Waals surface area contributed by atoms with Gasteiger partial charge in [0.1, 0.15) is 0 Å². The zero-order valence-corrected chi connectivity index (χ0v) is 17.6. The maximum atomic E-state index is 2.39. The van der Waals surface area contributed by atoms with E-state index in [2.05, 4.69) is 116 Å². The average molecular weight is 373 g/mol. The second-order valence-electron chi connectivity index (χ2n) is 7.21. The first-order valence-corrected chi connectivity index (χ1v) is 10.4. The number of benzene rings is 3. The lowest BCUT2D eigenvalue weighted by atomic mass is 9.85. The van der Waals surface area contributed by atoms with Gasteiger partial charge in [-0.15, -0.1) is 0 Å². The summed E-state index contributed by atoms with van der Waals surface area (Å²) in [4.78, 5) is 4.65. The van der Waals surface area contributed by atoms with Crippen LogP contribution >= 0.6 is 0 Å². The first kappa shape index (κ1) is 20.0. The van der Waals surface area contributed by atoms with E-state index in [0.717, 1.165) is 19.6 Å². The van der Waals surface area contributed by atoms with E-state index < -0.39 is 0 Å². The molecule has 3 aromatic rings. The Morgan fingerprint density at radius 3 is 1.50 bits per heavy atom. The Labute approximate surface area is 170 Å². The maximum absolute atomic E-state index is 2.39. The number of hydrogen-bond donors (Lipinski definition) is 0. The summed E-state index contributed by atoms with van der Waals surface area (Å²) in [5.74, 6) is 0.243. The van der Waals surface area contributed by atoms with Crippen molar-refractivity contribution in [2.24, 2.45) is 0 Å². The van der Waals surface area contributed by atoms with Crippen LogP contribution in [0.15, 0.2) is 78.9 Å². The molecule has 0 N–H and O–H groups in total. The quantitative estimate of drug-likeness (QED) is 0.436. The molecule has 0 fully saturated rings. The van der Waals surface area contributed by atoms with E-state index in [1.54, 1.807) is 0 Å². The summed E-state index contributed by atoms with van der Waals surface area (Å²) in [5, 5.41) is 0. The van der Waals surface area contributed by atoms with Crippen LogP contribution in [0.2, 0.25) is 0 Å². The summed E-state index contributed by atoms with van der Waals surface area (Å²) < 4.78 is 0. The highest BCUT2D eigenvalue weighted by molar-refractivity contribution is 5.53. The van der Waals surface area contributed by atoms with Gasteiger partial charge in [-0.25, -0.2) is 0 Å². The lowest BCUT2D eigenvalue weighted by Gasteiger charge is -2.24. The Bertz CT molecular complexity index is 834. The largest absolute Gasteiger partial charge is 0.375 e. The number of anilines is 2. The molecule has 0 spiro atoms. The van der Waals surface area contributed by atoms with Crippen LogP contribution in [-0.4, -0.2) is 26.7 Å². The first-order chi connectivity index (χ1) is 13.7. The summed E-state index contributed by atoms with van der Waals surface area (Å²) in [7, 11) is 2.13. The molecule has 0 heterocycles. The van der Waals surface area contributed by atoms with Crippen LogP contribution in [0.4, 0.5) is 11.4 Å². The molecular weight excluding hydrogens is 340 g/mol. The fourth-order valence-corrected chi connectivity index (χ4v) is 3.79. The highest BCUT2D eigenvalue weighted by Gasteiger charge is 2.17. The molecule has 0 aromatic heterocycles. The second kappa shape index (κ2) is 9.45. The lowest BCUT2D eigenvalue weighted by Crippen LogP contribution is -2.21. The molecule has 1 unspecified atom stereocenters. The van der Waals surface area contributed by atoms with Gasteiger partial charge < -0.3 is 9.80 Å². The zero-order chi connectivity index (χ0) is 19.9. The van der Waals surface area contributed by atoms with Gasteiger partial charge in [-0.2, -0.15) is 0 Å². The van der Waals surface area contributed by atoms with Gasteiger partial charge in [0, 0.05) is 44.0 Å². The SMILES string of the molecule is CCN(C)c1ccc(C(c2ccccc2)c2ccc(N(CC)CC)cc2)cc1. The minimum absolute atomic E-state index is 0.243. The van der Waals surface area contributed by atoms with Crippen molar-refractivity contribution in [1.29, 1.82) is 0 Å². The number of nitrogens with zero attached hydrogens (tertiary/aromatic N) is 2. The lowest BCUT2D eigenvalue weighted by molar-refractivity contribution is 0.864. The summed E-state index contributed by atoms with van der Waals surface area (Å²) in [6.07, 6.45) is 0. The zero-order valence-electron chi connectivity index (χ0n) is 17.6. The summed E-state index contributed by atoms with van der Waals surface area (Å²) >= 11 is 0. The summed E-state index contributed by atoms with van der Waals surface area (Å²) in [6, 6.07) is 28.9. The highest BCUT2D eigenvalue weighted by Crippen LogP contribution is 2.33. The summed E-state index contributed by atoms with van der Waals surface area (Å²) in [5.41, 5.74) is 6.54. The standard InChI is InChI=1S/C26H32N2/c1-5-27(4)24-17-13-22(14-18-24)26(21-11-9-8-10-12-21)23-15-19-25(20-16-23)28(6-2)7-3/h8-20,26H,5-7H2,1-4H3. The normalized spacial score (nSPS) is 11.9. The molecule has 0 bridgehead atoms. The molecule has 0 radical (unpaired) electrons. The van der Waals surface area contributed by atoms with Crippen molar-refractivity contribution in [2.45, 2.75) is 26.7 Å². The van der Waals surface area contributed by atoms with Gasteiger partial charge in [0.25, 0.3) is 0 Å². The Kier molecular flexibility index (Phi) is 6.76. The maximum Gasteiger partial charge on any atom is 0.0366 e. The van der Waals surface area contributed by atoms with Crippen molar-refractivity contribution in [1.82, 2.24) is 0 Å². The first-order valence-electron chi connectivity index (χ1n) is 10.4. The molecule has 0 saturated heterocycles. The predicted octanol–water partition coefficient (Wildman–Crippen LogP) is 6.17. The molecular formula is C26H32N2. The third-order valence-electron chi connectivity index (χ3n) is 5.63. The molecule has 28 heavy (non-hydrogen) atoms. The van der Waals surface area contributed by atoms with Crippen LogP contribution < -0.4 is 9.80 Å². The van der Waals surface area contributed by atoms with Crippen LogP contribution in [0.25, 0.3) is 0 Å². The highest BCUT2D eigenvalue weighted by atomic mass is 15.1. The topological polar surface area (TPSA) is 6.48 Å². The van der Waals surface area contributed by atoms with Crippen molar-refractivity contribution < 1.29 is 0 Å². The minimum atomic E-state index is 0.243.